The third-order valence-electron chi connectivity index (χ3n) is 5.03. The van der Waals surface area contributed by atoms with Crippen LogP contribution >= 0.6 is 0 Å². The molecule has 3 rings (SSSR count). The topological polar surface area (TPSA) is 9.23 Å². The molecule has 1 heteroatoms. The third-order valence-corrected chi connectivity index (χ3v) is 5.03. The lowest BCUT2D eigenvalue weighted by molar-refractivity contribution is 0.00202. The van der Waals surface area contributed by atoms with Gasteiger partial charge < -0.3 is 4.74 Å². The van der Waals surface area contributed by atoms with Gasteiger partial charge in [-0.05, 0) is 49.1 Å². The average molecular weight is 270 g/mol. The van der Waals surface area contributed by atoms with E-state index in [2.05, 4.69) is 30.8 Å². The van der Waals surface area contributed by atoms with Crippen molar-refractivity contribution >= 4 is 0 Å². The van der Waals surface area contributed by atoms with E-state index >= 15 is 0 Å². The van der Waals surface area contributed by atoms with Crippen LogP contribution in [0.3, 0.4) is 0 Å². The number of ether oxygens (including phenoxy) is 1. The molecular weight excluding hydrogens is 244 g/mol. The van der Waals surface area contributed by atoms with Gasteiger partial charge in [-0.15, -0.1) is 0 Å². The standard InChI is InChI=1S/C19H26O/c1-15(2)14-20-18-13-19(10-6-3-7-11-19)12-16-8-4-5-9-17(16)18/h4-5,8-9,18H,1,3,6-7,10-14H2,2H3. The van der Waals surface area contributed by atoms with E-state index in [1.807, 2.05) is 6.92 Å². The molecule has 1 unspecified atom stereocenters. The van der Waals surface area contributed by atoms with Gasteiger partial charge in [0.05, 0.1) is 12.7 Å². The quantitative estimate of drug-likeness (QED) is 0.684. The fourth-order valence-corrected chi connectivity index (χ4v) is 4.06. The Labute approximate surface area is 123 Å². The summed E-state index contributed by atoms with van der Waals surface area (Å²) in [6.45, 7) is 6.71. The summed E-state index contributed by atoms with van der Waals surface area (Å²) in [6.07, 6.45) is 9.72. The molecule has 0 saturated heterocycles. The summed E-state index contributed by atoms with van der Waals surface area (Å²) < 4.78 is 6.20. The lowest BCUT2D eigenvalue weighted by Gasteiger charge is -2.44. The fourth-order valence-electron chi connectivity index (χ4n) is 4.06. The first-order valence-corrected chi connectivity index (χ1v) is 8.02. The molecule has 1 nitrogen and oxygen atoms in total. The summed E-state index contributed by atoms with van der Waals surface area (Å²) in [4.78, 5) is 0. The summed E-state index contributed by atoms with van der Waals surface area (Å²) in [5.74, 6) is 0. The molecule has 20 heavy (non-hydrogen) atoms. The van der Waals surface area contributed by atoms with E-state index in [0.717, 1.165) is 5.57 Å². The van der Waals surface area contributed by atoms with Crippen molar-refractivity contribution in [2.24, 2.45) is 5.41 Å². The van der Waals surface area contributed by atoms with Crippen molar-refractivity contribution in [2.45, 2.75) is 58.0 Å². The first kappa shape index (κ1) is 13.9. The van der Waals surface area contributed by atoms with Crippen molar-refractivity contribution in [3.63, 3.8) is 0 Å². The predicted octanol–water partition coefficient (Wildman–Crippen LogP) is 5.22. The highest BCUT2D eigenvalue weighted by molar-refractivity contribution is 5.33. The molecule has 108 valence electrons. The molecule has 2 aliphatic carbocycles. The van der Waals surface area contributed by atoms with Gasteiger partial charge in [-0.3, -0.25) is 0 Å². The molecule has 0 heterocycles. The van der Waals surface area contributed by atoms with Gasteiger partial charge in [0.25, 0.3) is 0 Å². The summed E-state index contributed by atoms with van der Waals surface area (Å²) in [7, 11) is 0. The molecule has 2 aliphatic rings. The molecule has 0 radical (unpaired) electrons. The van der Waals surface area contributed by atoms with Crippen molar-refractivity contribution in [2.75, 3.05) is 6.61 Å². The minimum atomic E-state index is 0.273. The van der Waals surface area contributed by atoms with Gasteiger partial charge in [0, 0.05) is 0 Å². The molecule has 0 aromatic heterocycles. The van der Waals surface area contributed by atoms with Gasteiger partial charge >= 0.3 is 0 Å². The molecule has 0 aliphatic heterocycles. The summed E-state index contributed by atoms with van der Waals surface area (Å²) in [6, 6.07) is 8.89. The SMILES string of the molecule is C=C(C)COC1CC2(CCCCC2)Cc2ccccc21. The molecule has 1 aromatic carbocycles. The molecule has 0 N–H and O–H groups in total. The van der Waals surface area contributed by atoms with E-state index in [9.17, 15) is 0 Å². The highest BCUT2D eigenvalue weighted by Crippen LogP contribution is 2.50. The van der Waals surface area contributed by atoms with Crippen LogP contribution in [-0.4, -0.2) is 6.61 Å². The minimum Gasteiger partial charge on any atom is -0.369 e. The Morgan fingerprint density at radius 1 is 1.25 bits per heavy atom. The molecule has 0 bridgehead atoms. The van der Waals surface area contributed by atoms with Crippen molar-refractivity contribution in [1.82, 2.24) is 0 Å². The Morgan fingerprint density at radius 3 is 2.75 bits per heavy atom. The van der Waals surface area contributed by atoms with Crippen LogP contribution in [0.5, 0.6) is 0 Å². The van der Waals surface area contributed by atoms with Crippen LogP contribution in [0.1, 0.15) is 62.7 Å². The number of hydrogen-bond acceptors (Lipinski definition) is 1. The Morgan fingerprint density at radius 2 is 2.00 bits per heavy atom. The number of rotatable bonds is 3. The summed E-state index contributed by atoms with van der Waals surface area (Å²) >= 11 is 0. The van der Waals surface area contributed by atoms with Crippen LogP contribution in [-0.2, 0) is 11.2 Å². The Bertz CT molecular complexity index is 482. The van der Waals surface area contributed by atoms with Gasteiger partial charge in [-0.1, -0.05) is 55.7 Å². The second-order valence-electron chi connectivity index (χ2n) is 6.90. The highest BCUT2D eigenvalue weighted by atomic mass is 16.5. The van der Waals surface area contributed by atoms with E-state index in [4.69, 9.17) is 4.74 Å². The van der Waals surface area contributed by atoms with E-state index in [1.165, 1.54) is 56.1 Å². The van der Waals surface area contributed by atoms with Crippen LogP contribution in [0.4, 0.5) is 0 Å². The van der Waals surface area contributed by atoms with Crippen LogP contribution < -0.4 is 0 Å². The number of fused-ring (bicyclic) bond motifs is 1. The number of hydrogen-bond donors (Lipinski definition) is 0. The van der Waals surface area contributed by atoms with Crippen LogP contribution in [0.15, 0.2) is 36.4 Å². The zero-order chi connectivity index (χ0) is 14.0. The highest BCUT2D eigenvalue weighted by Gasteiger charge is 2.39. The number of benzene rings is 1. The average Bonchev–Trinajstić information content (AvgIpc) is 2.45. The molecule has 1 atom stereocenters. The maximum absolute atomic E-state index is 6.20. The Balaban J connectivity index is 1.85. The Hall–Kier alpha value is -1.08. The fraction of sp³-hybridized carbons (Fsp3) is 0.579. The summed E-state index contributed by atoms with van der Waals surface area (Å²) in [5.41, 5.74) is 4.56. The van der Waals surface area contributed by atoms with Crippen molar-refractivity contribution in [3.8, 4) is 0 Å². The lowest BCUT2D eigenvalue weighted by Crippen LogP contribution is -2.34. The maximum atomic E-state index is 6.20. The maximum Gasteiger partial charge on any atom is 0.0837 e. The zero-order valence-corrected chi connectivity index (χ0v) is 12.7. The van der Waals surface area contributed by atoms with Gasteiger partial charge in [-0.2, -0.15) is 0 Å². The van der Waals surface area contributed by atoms with Crippen molar-refractivity contribution in [1.29, 1.82) is 0 Å². The first-order chi connectivity index (χ1) is 9.69. The lowest BCUT2D eigenvalue weighted by atomic mass is 9.63. The molecule has 1 saturated carbocycles. The zero-order valence-electron chi connectivity index (χ0n) is 12.7. The van der Waals surface area contributed by atoms with Crippen LogP contribution in [0.25, 0.3) is 0 Å². The van der Waals surface area contributed by atoms with E-state index in [0.29, 0.717) is 12.0 Å². The molecule has 1 fully saturated rings. The smallest absolute Gasteiger partial charge is 0.0837 e. The van der Waals surface area contributed by atoms with Gasteiger partial charge in [-0.25, -0.2) is 0 Å². The second-order valence-corrected chi connectivity index (χ2v) is 6.90. The first-order valence-electron chi connectivity index (χ1n) is 8.02. The summed E-state index contributed by atoms with van der Waals surface area (Å²) in [5, 5.41) is 0. The molecule has 1 spiro atoms. The molecule has 0 amide bonds. The van der Waals surface area contributed by atoms with E-state index in [-0.39, 0.29) is 6.10 Å². The second kappa shape index (κ2) is 5.73. The van der Waals surface area contributed by atoms with Crippen molar-refractivity contribution < 1.29 is 4.74 Å². The van der Waals surface area contributed by atoms with Gasteiger partial charge in [0.1, 0.15) is 0 Å². The molecule has 1 aromatic rings. The van der Waals surface area contributed by atoms with Crippen LogP contribution in [0.2, 0.25) is 0 Å². The van der Waals surface area contributed by atoms with Gasteiger partial charge in [0.15, 0.2) is 0 Å². The normalized spacial score (nSPS) is 24.4. The van der Waals surface area contributed by atoms with Crippen LogP contribution in [0, 0.1) is 5.41 Å². The monoisotopic (exact) mass is 270 g/mol. The largest absolute Gasteiger partial charge is 0.369 e. The van der Waals surface area contributed by atoms with Gasteiger partial charge in [0.2, 0.25) is 0 Å². The van der Waals surface area contributed by atoms with E-state index in [1.54, 1.807) is 0 Å². The molecular formula is C19H26O. The predicted molar refractivity (Wildman–Crippen MR) is 83.8 cm³/mol. The third kappa shape index (κ3) is 2.83. The van der Waals surface area contributed by atoms with E-state index < -0.39 is 0 Å². The van der Waals surface area contributed by atoms with Crippen molar-refractivity contribution in [3.05, 3.63) is 47.5 Å². The Kier molecular flexibility index (Phi) is 3.98. The minimum absolute atomic E-state index is 0.273.